The van der Waals surface area contributed by atoms with E-state index in [0.29, 0.717) is 0 Å². The third-order valence-corrected chi connectivity index (χ3v) is 1.64. The van der Waals surface area contributed by atoms with Crippen LogP contribution in [0, 0.1) is 0 Å². The number of rotatable bonds is 4. The summed E-state index contributed by atoms with van der Waals surface area (Å²) in [5, 5.41) is 0. The second-order valence-electron chi connectivity index (χ2n) is 2.90. The Morgan fingerprint density at radius 3 is 2.19 bits per heavy atom. The zero-order valence-corrected chi connectivity index (χ0v) is 11.6. The van der Waals surface area contributed by atoms with Crippen LogP contribution in [0.3, 0.4) is 0 Å². The summed E-state index contributed by atoms with van der Waals surface area (Å²) >= 11 is 0. The van der Waals surface area contributed by atoms with Gasteiger partial charge in [0.1, 0.15) is 5.75 Å². The van der Waals surface area contributed by atoms with Crippen molar-refractivity contribution in [3.8, 4) is 5.75 Å². The molecular weight excluding hydrogens is 257 g/mol. The Bertz CT molecular complexity index is 330. The van der Waals surface area contributed by atoms with E-state index >= 15 is 0 Å². The summed E-state index contributed by atoms with van der Waals surface area (Å²) in [6.45, 7) is -8.17. The van der Waals surface area contributed by atoms with Crippen molar-refractivity contribution in [2.75, 3.05) is 0 Å². The van der Waals surface area contributed by atoms with Crippen molar-refractivity contribution >= 4 is 6.98 Å². The van der Waals surface area contributed by atoms with E-state index in [4.69, 9.17) is 0 Å². The zero-order chi connectivity index (χ0) is 11.5. The average molecular weight is 264 g/mol. The van der Waals surface area contributed by atoms with Crippen molar-refractivity contribution < 1.29 is 77.8 Å². The van der Waals surface area contributed by atoms with Gasteiger partial charge in [0.25, 0.3) is 0 Å². The number of alkyl halides is 2. The number of hydrogen-bond acceptors (Lipinski definition) is 1. The quantitative estimate of drug-likeness (QED) is 0.558. The molecule has 0 fully saturated rings. The van der Waals surface area contributed by atoms with E-state index < -0.39 is 25.7 Å². The van der Waals surface area contributed by atoms with Crippen molar-refractivity contribution in [3.05, 3.63) is 29.8 Å². The van der Waals surface area contributed by atoms with Crippen LogP contribution in [0.5, 0.6) is 5.75 Å². The normalized spacial score (nSPS) is 11.1. The molecule has 0 N–H and O–H groups in total. The van der Waals surface area contributed by atoms with E-state index in [9.17, 15) is 21.7 Å². The first kappa shape index (κ1) is 16.4. The molecule has 0 unspecified atom stereocenters. The SMILES string of the molecule is FC(F)Oc1ccccc1C[B-](F)(F)F.[K+]. The first-order valence-corrected chi connectivity index (χ1v) is 4.12. The number of benzene rings is 1. The van der Waals surface area contributed by atoms with Crippen LogP contribution in [0.15, 0.2) is 24.3 Å². The third kappa shape index (κ3) is 6.19. The second-order valence-corrected chi connectivity index (χ2v) is 2.90. The summed E-state index contributed by atoms with van der Waals surface area (Å²) < 4.78 is 63.9. The van der Waals surface area contributed by atoms with Gasteiger partial charge in [-0.15, -0.1) is 0 Å². The summed E-state index contributed by atoms with van der Waals surface area (Å²) in [7, 11) is 0. The van der Waals surface area contributed by atoms with E-state index in [1.165, 1.54) is 12.1 Å². The van der Waals surface area contributed by atoms with Crippen LogP contribution in [0.25, 0.3) is 0 Å². The number of para-hydroxylation sites is 1. The monoisotopic (exact) mass is 264 g/mol. The predicted molar refractivity (Wildman–Crippen MR) is 45.9 cm³/mol. The minimum Gasteiger partial charge on any atom is -0.449 e. The molecule has 0 heterocycles. The van der Waals surface area contributed by atoms with Gasteiger partial charge >= 0.3 is 65.0 Å². The molecule has 0 saturated carbocycles. The molecule has 0 aliphatic heterocycles. The van der Waals surface area contributed by atoms with Gasteiger partial charge in [0.05, 0.1) is 0 Å². The van der Waals surface area contributed by atoms with E-state index in [0.717, 1.165) is 12.1 Å². The first-order valence-electron chi connectivity index (χ1n) is 4.12. The van der Waals surface area contributed by atoms with Gasteiger partial charge in [0.15, 0.2) is 0 Å². The minimum absolute atomic E-state index is 0. The van der Waals surface area contributed by atoms with E-state index in [2.05, 4.69) is 4.74 Å². The maximum atomic E-state index is 12.1. The van der Waals surface area contributed by atoms with Crippen LogP contribution in [0.1, 0.15) is 5.56 Å². The Balaban J connectivity index is 0.00000225. The fraction of sp³-hybridized carbons (Fsp3) is 0.250. The number of hydrogen-bond donors (Lipinski definition) is 0. The molecule has 0 saturated heterocycles. The summed E-state index contributed by atoms with van der Waals surface area (Å²) in [5.74, 6) is -0.424. The Morgan fingerprint density at radius 2 is 1.69 bits per heavy atom. The molecule has 0 bridgehead atoms. The van der Waals surface area contributed by atoms with Crippen LogP contribution in [0.2, 0.25) is 0 Å². The largest absolute Gasteiger partial charge is 1.00 e. The number of halogens is 5. The van der Waals surface area contributed by atoms with Gasteiger partial charge < -0.3 is 17.7 Å². The Hall–Kier alpha value is 0.371. The van der Waals surface area contributed by atoms with Crippen LogP contribution in [-0.2, 0) is 6.32 Å². The van der Waals surface area contributed by atoms with Gasteiger partial charge in [0, 0.05) is 0 Å². The molecule has 1 aromatic rings. The Labute approximate surface area is 132 Å². The summed E-state index contributed by atoms with van der Waals surface area (Å²) in [6.07, 6.45) is -1.22. The summed E-state index contributed by atoms with van der Waals surface area (Å²) in [4.78, 5) is 0. The predicted octanol–water partition coefficient (Wildman–Crippen LogP) is 0.221. The maximum Gasteiger partial charge on any atom is 1.00 e. The minimum atomic E-state index is -5.06. The molecule has 1 aromatic carbocycles. The van der Waals surface area contributed by atoms with Gasteiger partial charge in [-0.2, -0.15) is 8.78 Å². The molecule has 16 heavy (non-hydrogen) atoms. The summed E-state index contributed by atoms with van der Waals surface area (Å²) in [6, 6.07) is 4.89. The van der Waals surface area contributed by atoms with Crippen LogP contribution < -0.4 is 56.1 Å². The molecule has 84 valence electrons. The van der Waals surface area contributed by atoms with E-state index in [-0.39, 0.29) is 56.9 Å². The summed E-state index contributed by atoms with van der Waals surface area (Å²) in [5.41, 5.74) is -0.273. The van der Waals surface area contributed by atoms with Crippen molar-refractivity contribution in [2.45, 2.75) is 12.9 Å². The molecule has 1 nitrogen and oxygen atoms in total. The smallest absolute Gasteiger partial charge is 0.449 e. The van der Waals surface area contributed by atoms with Gasteiger partial charge in [-0.05, 0) is 11.6 Å². The van der Waals surface area contributed by atoms with Crippen LogP contribution in [0.4, 0.5) is 21.7 Å². The van der Waals surface area contributed by atoms with Crippen molar-refractivity contribution in [3.63, 3.8) is 0 Å². The van der Waals surface area contributed by atoms with Gasteiger partial charge in [0.2, 0.25) is 0 Å². The molecule has 0 aliphatic carbocycles. The Morgan fingerprint density at radius 1 is 1.12 bits per heavy atom. The van der Waals surface area contributed by atoms with Gasteiger partial charge in [-0.3, -0.25) is 0 Å². The number of ether oxygens (including phenoxy) is 1. The zero-order valence-electron chi connectivity index (χ0n) is 8.47. The average Bonchev–Trinajstić information content (AvgIpc) is 2.05. The molecule has 1 rings (SSSR count). The molecule has 0 spiro atoms. The molecule has 0 atom stereocenters. The van der Waals surface area contributed by atoms with Crippen molar-refractivity contribution in [1.29, 1.82) is 0 Å². The topological polar surface area (TPSA) is 9.23 Å². The van der Waals surface area contributed by atoms with Crippen LogP contribution in [-0.4, -0.2) is 13.6 Å². The molecular formula is C8H7BF5KO. The van der Waals surface area contributed by atoms with E-state index in [1.807, 2.05) is 0 Å². The molecule has 0 radical (unpaired) electrons. The van der Waals surface area contributed by atoms with Crippen molar-refractivity contribution in [1.82, 2.24) is 0 Å². The molecule has 0 aliphatic rings. The maximum absolute atomic E-state index is 12.1. The van der Waals surface area contributed by atoms with E-state index in [1.54, 1.807) is 0 Å². The fourth-order valence-electron chi connectivity index (χ4n) is 1.13. The second kappa shape index (κ2) is 6.95. The molecule has 0 aromatic heterocycles. The third-order valence-electron chi connectivity index (χ3n) is 1.64. The molecule has 0 amide bonds. The van der Waals surface area contributed by atoms with Crippen molar-refractivity contribution in [2.24, 2.45) is 0 Å². The fourth-order valence-corrected chi connectivity index (χ4v) is 1.13. The Kier molecular flexibility index (Phi) is 7.11. The standard InChI is InChI=1S/C8H7BF5O.K/c10-8(11)15-7-4-2-1-3-6(7)5-9(12,13)14;/h1-4,8H,5H2;/q-1;+1. The first-order chi connectivity index (χ1) is 6.88. The molecule has 8 heteroatoms. The van der Waals surface area contributed by atoms with Crippen LogP contribution >= 0.6 is 0 Å². The van der Waals surface area contributed by atoms with Gasteiger partial charge in [-0.1, -0.05) is 24.5 Å². The van der Waals surface area contributed by atoms with Gasteiger partial charge in [-0.25, -0.2) is 0 Å².